The Kier molecular flexibility index (Phi) is 5.94. The molecule has 1 atom stereocenters. The van der Waals surface area contributed by atoms with Gasteiger partial charge in [-0.1, -0.05) is 30.3 Å². The van der Waals surface area contributed by atoms with Gasteiger partial charge in [-0.15, -0.1) is 11.3 Å². The van der Waals surface area contributed by atoms with Crippen molar-refractivity contribution in [3.05, 3.63) is 57.8 Å². The summed E-state index contributed by atoms with van der Waals surface area (Å²) in [6, 6.07) is 10.4. The Hall–Kier alpha value is -0.940. The van der Waals surface area contributed by atoms with Crippen molar-refractivity contribution < 1.29 is 14.7 Å². The van der Waals surface area contributed by atoms with Crippen LogP contribution in [0.2, 0.25) is 0 Å². The van der Waals surface area contributed by atoms with E-state index in [1.807, 2.05) is 11.4 Å². The van der Waals surface area contributed by atoms with Gasteiger partial charge in [-0.2, -0.15) is 0 Å². The molecule has 1 unspecified atom stereocenters. The van der Waals surface area contributed by atoms with E-state index in [0.717, 1.165) is 0 Å². The SMILES string of the molecule is CC(C(=O)O)c1ccc(C(=O)c2cccs2)cc1.[NaH]. The van der Waals surface area contributed by atoms with Crippen LogP contribution in [0.4, 0.5) is 0 Å². The predicted molar refractivity (Wildman–Crippen MR) is 77.4 cm³/mol. The van der Waals surface area contributed by atoms with Gasteiger partial charge in [0.05, 0.1) is 10.8 Å². The molecule has 0 bridgehead atoms. The van der Waals surface area contributed by atoms with Crippen LogP contribution in [0.25, 0.3) is 0 Å². The molecule has 94 valence electrons. The van der Waals surface area contributed by atoms with Crippen molar-refractivity contribution in [1.29, 1.82) is 0 Å². The third-order valence-electron chi connectivity index (χ3n) is 2.79. The first kappa shape index (κ1) is 16.1. The molecule has 2 rings (SSSR count). The van der Waals surface area contributed by atoms with E-state index in [2.05, 4.69) is 0 Å². The van der Waals surface area contributed by atoms with Crippen molar-refractivity contribution in [2.75, 3.05) is 0 Å². The molecule has 5 heteroatoms. The van der Waals surface area contributed by atoms with Gasteiger partial charge in [0, 0.05) is 5.56 Å². The van der Waals surface area contributed by atoms with Crippen LogP contribution in [0, 0.1) is 0 Å². The van der Waals surface area contributed by atoms with Gasteiger partial charge in [0.15, 0.2) is 0 Å². The first-order chi connectivity index (χ1) is 8.59. The van der Waals surface area contributed by atoms with E-state index in [-0.39, 0.29) is 35.3 Å². The molecule has 3 nitrogen and oxygen atoms in total. The molecule has 0 aliphatic rings. The van der Waals surface area contributed by atoms with Crippen LogP contribution in [-0.2, 0) is 4.79 Å². The van der Waals surface area contributed by atoms with Gasteiger partial charge in [0.2, 0.25) is 5.78 Å². The van der Waals surface area contributed by atoms with Crippen LogP contribution in [0.5, 0.6) is 0 Å². The van der Waals surface area contributed by atoms with Gasteiger partial charge in [0.1, 0.15) is 0 Å². The molecule has 1 aromatic carbocycles. The molecule has 0 radical (unpaired) electrons. The number of rotatable bonds is 4. The first-order valence-electron chi connectivity index (χ1n) is 5.50. The third kappa shape index (κ3) is 3.76. The Morgan fingerprint density at radius 1 is 1.16 bits per heavy atom. The number of ketones is 1. The van der Waals surface area contributed by atoms with E-state index in [4.69, 9.17) is 5.11 Å². The second-order valence-corrected chi connectivity index (χ2v) is 4.94. The number of carboxylic acid groups (broad SMARTS) is 1. The number of hydrogen-bond acceptors (Lipinski definition) is 3. The van der Waals surface area contributed by atoms with E-state index in [1.165, 1.54) is 11.3 Å². The summed E-state index contributed by atoms with van der Waals surface area (Å²) in [4.78, 5) is 23.5. The molecule has 1 heterocycles. The number of thiophene rings is 1. The van der Waals surface area contributed by atoms with Crippen LogP contribution in [-0.4, -0.2) is 46.4 Å². The number of carbonyl (C=O) groups is 2. The normalized spacial score (nSPS) is 11.4. The zero-order valence-corrected chi connectivity index (χ0v) is 10.6. The van der Waals surface area contributed by atoms with E-state index in [1.54, 1.807) is 37.3 Å². The molecule has 0 fully saturated rings. The van der Waals surface area contributed by atoms with E-state index in [9.17, 15) is 9.59 Å². The van der Waals surface area contributed by atoms with Crippen molar-refractivity contribution in [3.63, 3.8) is 0 Å². The molecule has 2 aromatic rings. The van der Waals surface area contributed by atoms with Crippen molar-refractivity contribution in [3.8, 4) is 0 Å². The van der Waals surface area contributed by atoms with E-state index in [0.29, 0.717) is 16.0 Å². The summed E-state index contributed by atoms with van der Waals surface area (Å²) in [7, 11) is 0. The summed E-state index contributed by atoms with van der Waals surface area (Å²) in [6.07, 6.45) is 0. The fourth-order valence-electron chi connectivity index (χ4n) is 1.62. The van der Waals surface area contributed by atoms with Crippen LogP contribution in [0.15, 0.2) is 41.8 Å². The summed E-state index contributed by atoms with van der Waals surface area (Å²) in [6.45, 7) is 1.62. The summed E-state index contributed by atoms with van der Waals surface area (Å²) in [5, 5.41) is 10.8. The van der Waals surface area contributed by atoms with Crippen molar-refractivity contribution in [2.24, 2.45) is 0 Å². The summed E-state index contributed by atoms with van der Waals surface area (Å²) in [5.74, 6) is -1.46. The Morgan fingerprint density at radius 3 is 2.26 bits per heavy atom. The number of aliphatic carboxylic acids is 1. The molecule has 0 spiro atoms. The van der Waals surface area contributed by atoms with Crippen LogP contribution >= 0.6 is 11.3 Å². The van der Waals surface area contributed by atoms with Crippen LogP contribution in [0.3, 0.4) is 0 Å². The number of hydrogen-bond donors (Lipinski definition) is 1. The van der Waals surface area contributed by atoms with Gasteiger partial charge in [-0.25, -0.2) is 0 Å². The Bertz CT molecular complexity index is 561. The average molecular weight is 284 g/mol. The second kappa shape index (κ2) is 7.01. The molecule has 0 aliphatic carbocycles. The van der Waals surface area contributed by atoms with Gasteiger partial charge in [-0.3, -0.25) is 9.59 Å². The molecular formula is C14H13NaO3S. The Morgan fingerprint density at radius 2 is 1.79 bits per heavy atom. The second-order valence-electron chi connectivity index (χ2n) is 3.99. The van der Waals surface area contributed by atoms with Crippen LogP contribution in [0.1, 0.15) is 33.6 Å². The Balaban J connectivity index is 0.00000180. The van der Waals surface area contributed by atoms with Gasteiger partial charge in [0.25, 0.3) is 0 Å². The van der Waals surface area contributed by atoms with Gasteiger partial charge in [-0.05, 0) is 23.9 Å². The molecule has 1 N–H and O–H groups in total. The fourth-order valence-corrected chi connectivity index (χ4v) is 2.30. The minimum atomic E-state index is -0.868. The number of benzene rings is 1. The zero-order valence-electron chi connectivity index (χ0n) is 9.79. The molecule has 1 aromatic heterocycles. The summed E-state index contributed by atoms with van der Waals surface area (Å²) < 4.78 is 0. The fraction of sp³-hybridized carbons (Fsp3) is 0.143. The number of carboxylic acids is 1. The predicted octanol–water partition coefficient (Wildman–Crippen LogP) is 2.52. The molecule has 0 amide bonds. The average Bonchev–Trinajstić information content (AvgIpc) is 2.91. The minimum absolute atomic E-state index is 0. The van der Waals surface area contributed by atoms with Crippen molar-refractivity contribution in [1.82, 2.24) is 0 Å². The third-order valence-corrected chi connectivity index (χ3v) is 3.66. The monoisotopic (exact) mass is 284 g/mol. The van der Waals surface area contributed by atoms with E-state index >= 15 is 0 Å². The van der Waals surface area contributed by atoms with Gasteiger partial charge >= 0.3 is 35.5 Å². The molecule has 0 aliphatic heterocycles. The topological polar surface area (TPSA) is 54.4 Å². The zero-order chi connectivity index (χ0) is 13.1. The summed E-state index contributed by atoms with van der Waals surface area (Å²) >= 11 is 1.40. The maximum atomic E-state index is 12.0. The molecule has 19 heavy (non-hydrogen) atoms. The molecule has 0 saturated heterocycles. The molecular weight excluding hydrogens is 271 g/mol. The summed E-state index contributed by atoms with van der Waals surface area (Å²) in [5.41, 5.74) is 1.28. The maximum absolute atomic E-state index is 12.0. The standard InChI is InChI=1S/C14H12O3S.Na.H/c1-9(14(16)17)10-4-6-11(7-5-10)13(15)12-3-2-8-18-12;;/h2-9H,1H3,(H,16,17);;. The van der Waals surface area contributed by atoms with Crippen LogP contribution < -0.4 is 0 Å². The van der Waals surface area contributed by atoms with E-state index < -0.39 is 11.9 Å². The van der Waals surface area contributed by atoms with Crippen molar-refractivity contribution in [2.45, 2.75) is 12.8 Å². The quantitative estimate of drug-likeness (QED) is 0.693. The first-order valence-corrected chi connectivity index (χ1v) is 6.38. The molecule has 0 saturated carbocycles. The Labute approximate surface area is 137 Å². The van der Waals surface area contributed by atoms with Gasteiger partial charge < -0.3 is 5.11 Å². The number of carbonyl (C=O) groups excluding carboxylic acids is 1. The van der Waals surface area contributed by atoms with Crippen molar-refractivity contribution >= 4 is 52.6 Å².